The zero-order valence-corrected chi connectivity index (χ0v) is 7.64. The molecule has 13 heavy (non-hydrogen) atoms. The zero-order chi connectivity index (χ0) is 9.26. The van der Waals surface area contributed by atoms with E-state index in [2.05, 4.69) is 5.32 Å². The molecule has 1 aromatic carbocycles. The Bertz CT molecular complexity index is 294. The lowest BCUT2D eigenvalue weighted by atomic mass is 10.2. The van der Waals surface area contributed by atoms with Crippen LogP contribution in [0.2, 0.25) is 5.02 Å². The zero-order valence-electron chi connectivity index (χ0n) is 6.89. The maximum atomic E-state index is 12.8. The summed E-state index contributed by atoms with van der Waals surface area (Å²) in [5, 5.41) is 3.52. The average molecular weight is 202 g/mol. The molecule has 1 N–H and O–H groups in total. The fourth-order valence-corrected chi connectivity index (χ4v) is 1.41. The number of benzene rings is 1. The monoisotopic (exact) mass is 201 g/mol. The van der Waals surface area contributed by atoms with Crippen molar-refractivity contribution in [1.29, 1.82) is 0 Å². The molecular formula is C9H9ClFNO. The van der Waals surface area contributed by atoms with E-state index < -0.39 is 0 Å². The molecule has 1 aromatic rings. The molecule has 1 heterocycles. The average Bonchev–Trinajstić information content (AvgIpc) is 1.95. The van der Waals surface area contributed by atoms with E-state index in [0.29, 0.717) is 23.9 Å². The third kappa shape index (κ3) is 2.11. The molecule has 2 nitrogen and oxygen atoms in total. The van der Waals surface area contributed by atoms with Gasteiger partial charge in [-0.05, 0) is 18.2 Å². The van der Waals surface area contributed by atoms with Crippen molar-refractivity contribution in [1.82, 2.24) is 0 Å². The summed E-state index contributed by atoms with van der Waals surface area (Å²) in [5.41, 5.74) is 0.707. The van der Waals surface area contributed by atoms with E-state index in [1.165, 1.54) is 12.1 Å². The van der Waals surface area contributed by atoms with Crippen molar-refractivity contribution < 1.29 is 9.13 Å². The van der Waals surface area contributed by atoms with Gasteiger partial charge in [-0.2, -0.15) is 0 Å². The van der Waals surface area contributed by atoms with Gasteiger partial charge in [0, 0.05) is 10.7 Å². The minimum Gasteiger partial charge on any atom is -0.378 e. The number of nitrogens with one attached hydrogen (secondary N) is 1. The first-order valence-electron chi connectivity index (χ1n) is 4.04. The van der Waals surface area contributed by atoms with E-state index in [4.69, 9.17) is 16.3 Å². The second-order valence-electron chi connectivity index (χ2n) is 3.04. The van der Waals surface area contributed by atoms with E-state index in [1.807, 2.05) is 0 Å². The number of hydrogen-bond donors (Lipinski definition) is 1. The SMILES string of the molecule is Fc1cc(Cl)cc(NC2COC2)c1. The van der Waals surface area contributed by atoms with Gasteiger partial charge in [-0.25, -0.2) is 4.39 Å². The largest absolute Gasteiger partial charge is 0.378 e. The number of anilines is 1. The molecule has 0 aromatic heterocycles. The van der Waals surface area contributed by atoms with E-state index in [1.54, 1.807) is 6.07 Å². The Kier molecular flexibility index (Phi) is 2.38. The van der Waals surface area contributed by atoms with Gasteiger partial charge in [-0.1, -0.05) is 11.6 Å². The van der Waals surface area contributed by atoms with Crippen molar-refractivity contribution in [2.75, 3.05) is 18.5 Å². The Hall–Kier alpha value is -0.800. The summed E-state index contributed by atoms with van der Waals surface area (Å²) in [6.07, 6.45) is 0. The maximum Gasteiger partial charge on any atom is 0.126 e. The number of rotatable bonds is 2. The lowest BCUT2D eigenvalue weighted by Crippen LogP contribution is -2.40. The molecule has 70 valence electrons. The summed E-state index contributed by atoms with van der Waals surface area (Å²) in [4.78, 5) is 0. The van der Waals surface area contributed by atoms with Gasteiger partial charge in [-0.15, -0.1) is 0 Å². The molecule has 0 unspecified atom stereocenters. The van der Waals surface area contributed by atoms with Crippen LogP contribution < -0.4 is 5.32 Å². The van der Waals surface area contributed by atoms with Gasteiger partial charge in [0.25, 0.3) is 0 Å². The highest BCUT2D eigenvalue weighted by Gasteiger charge is 2.17. The molecule has 2 rings (SSSR count). The van der Waals surface area contributed by atoms with Crippen LogP contribution in [-0.4, -0.2) is 19.3 Å². The summed E-state index contributed by atoms with van der Waals surface area (Å²) in [7, 11) is 0. The molecule has 0 amide bonds. The Balaban J connectivity index is 2.10. The van der Waals surface area contributed by atoms with Gasteiger partial charge in [0.15, 0.2) is 0 Å². The van der Waals surface area contributed by atoms with Gasteiger partial charge < -0.3 is 10.1 Å². The first-order valence-corrected chi connectivity index (χ1v) is 4.42. The summed E-state index contributed by atoms with van der Waals surface area (Å²) in [6.45, 7) is 1.35. The number of ether oxygens (including phenoxy) is 1. The molecular weight excluding hydrogens is 193 g/mol. The van der Waals surface area contributed by atoms with Gasteiger partial charge in [0.2, 0.25) is 0 Å². The summed E-state index contributed by atoms with van der Waals surface area (Å²) in [5.74, 6) is -0.324. The van der Waals surface area contributed by atoms with Crippen molar-refractivity contribution in [3.63, 3.8) is 0 Å². The quantitative estimate of drug-likeness (QED) is 0.793. The summed E-state index contributed by atoms with van der Waals surface area (Å²) in [6, 6.07) is 4.69. The van der Waals surface area contributed by atoms with Crippen molar-refractivity contribution in [3.05, 3.63) is 29.0 Å². The third-order valence-electron chi connectivity index (χ3n) is 1.87. The normalized spacial score (nSPS) is 16.8. The molecule has 4 heteroatoms. The molecule has 0 aliphatic carbocycles. The lowest BCUT2D eigenvalue weighted by molar-refractivity contribution is 0.0211. The van der Waals surface area contributed by atoms with E-state index in [-0.39, 0.29) is 11.9 Å². The van der Waals surface area contributed by atoms with Gasteiger partial charge in [0.05, 0.1) is 19.3 Å². The maximum absolute atomic E-state index is 12.8. The number of hydrogen-bond acceptors (Lipinski definition) is 2. The first-order chi connectivity index (χ1) is 6.24. The Morgan fingerprint density at radius 3 is 2.69 bits per heavy atom. The molecule has 1 fully saturated rings. The van der Waals surface area contributed by atoms with Crippen LogP contribution >= 0.6 is 11.6 Å². The van der Waals surface area contributed by atoms with Gasteiger partial charge in [0.1, 0.15) is 5.82 Å². The molecule has 1 saturated heterocycles. The molecule has 0 atom stereocenters. The van der Waals surface area contributed by atoms with Crippen LogP contribution in [-0.2, 0) is 4.74 Å². The predicted molar refractivity (Wildman–Crippen MR) is 49.6 cm³/mol. The molecule has 0 radical (unpaired) electrons. The molecule has 0 saturated carbocycles. The van der Waals surface area contributed by atoms with Crippen LogP contribution in [0.3, 0.4) is 0 Å². The molecule has 1 aliphatic heterocycles. The second kappa shape index (κ2) is 3.52. The standard InChI is InChI=1S/C9H9ClFNO/c10-6-1-7(11)3-8(2-6)12-9-4-13-5-9/h1-3,9,12H,4-5H2. The van der Waals surface area contributed by atoms with Crippen molar-refractivity contribution in [3.8, 4) is 0 Å². The highest BCUT2D eigenvalue weighted by atomic mass is 35.5. The highest BCUT2D eigenvalue weighted by Crippen LogP contribution is 2.19. The van der Waals surface area contributed by atoms with Crippen molar-refractivity contribution in [2.24, 2.45) is 0 Å². The fraction of sp³-hybridized carbons (Fsp3) is 0.333. The van der Waals surface area contributed by atoms with Crippen molar-refractivity contribution in [2.45, 2.75) is 6.04 Å². The molecule has 0 spiro atoms. The second-order valence-corrected chi connectivity index (χ2v) is 3.47. The van der Waals surface area contributed by atoms with Crippen LogP contribution in [0.1, 0.15) is 0 Å². The van der Waals surface area contributed by atoms with Crippen LogP contribution in [0.15, 0.2) is 18.2 Å². The third-order valence-corrected chi connectivity index (χ3v) is 2.09. The topological polar surface area (TPSA) is 21.3 Å². The Labute approximate surface area is 80.7 Å². The van der Waals surface area contributed by atoms with Gasteiger partial charge >= 0.3 is 0 Å². The Morgan fingerprint density at radius 1 is 1.38 bits per heavy atom. The fourth-order valence-electron chi connectivity index (χ4n) is 1.19. The minimum atomic E-state index is -0.324. The minimum absolute atomic E-state index is 0.290. The lowest BCUT2D eigenvalue weighted by Gasteiger charge is -2.27. The Morgan fingerprint density at radius 2 is 2.15 bits per heavy atom. The van der Waals surface area contributed by atoms with Crippen LogP contribution in [0.5, 0.6) is 0 Å². The van der Waals surface area contributed by atoms with E-state index in [0.717, 1.165) is 0 Å². The first kappa shape index (κ1) is 8.78. The molecule has 0 bridgehead atoms. The van der Waals surface area contributed by atoms with E-state index in [9.17, 15) is 4.39 Å². The molecule has 1 aliphatic rings. The number of halogens is 2. The van der Waals surface area contributed by atoms with Gasteiger partial charge in [-0.3, -0.25) is 0 Å². The summed E-state index contributed by atoms with van der Waals surface area (Å²) < 4.78 is 17.8. The van der Waals surface area contributed by atoms with Crippen LogP contribution in [0.25, 0.3) is 0 Å². The van der Waals surface area contributed by atoms with Crippen LogP contribution in [0.4, 0.5) is 10.1 Å². The predicted octanol–water partition coefficient (Wildman–Crippen LogP) is 2.29. The summed E-state index contributed by atoms with van der Waals surface area (Å²) >= 11 is 5.68. The van der Waals surface area contributed by atoms with Crippen LogP contribution in [0, 0.1) is 5.82 Å². The van der Waals surface area contributed by atoms with E-state index >= 15 is 0 Å². The van der Waals surface area contributed by atoms with Crippen molar-refractivity contribution >= 4 is 17.3 Å². The highest BCUT2D eigenvalue weighted by molar-refractivity contribution is 6.30. The smallest absolute Gasteiger partial charge is 0.126 e.